The standard InChI is InChI=1S/C23H38N2/c1-23(2)19-11-10-18(20(23)15-19)16-25-14-13-24-12-6-9-21(24)22(25)17-7-4-3-5-8-17/h10,17,19-22H,3-9,11-16H2,1-2H3/t19-,20-,21-,22+/m1/s1. The van der Waals surface area contributed by atoms with E-state index in [1.165, 1.54) is 84.0 Å². The normalized spacial score (nSPS) is 41.9. The van der Waals surface area contributed by atoms with Gasteiger partial charge in [-0.3, -0.25) is 9.80 Å². The van der Waals surface area contributed by atoms with Gasteiger partial charge in [0.05, 0.1) is 0 Å². The van der Waals surface area contributed by atoms with Gasteiger partial charge >= 0.3 is 0 Å². The summed E-state index contributed by atoms with van der Waals surface area (Å²) in [6, 6.07) is 1.74. The van der Waals surface area contributed by atoms with Gasteiger partial charge in [0.25, 0.3) is 0 Å². The number of nitrogens with zero attached hydrogens (tertiary/aromatic N) is 2. The van der Waals surface area contributed by atoms with Crippen LogP contribution in [0.25, 0.3) is 0 Å². The van der Waals surface area contributed by atoms with Crippen LogP contribution in [0.4, 0.5) is 0 Å². The third-order valence-electron chi connectivity index (χ3n) is 9.01. The van der Waals surface area contributed by atoms with Crippen molar-refractivity contribution in [2.45, 2.75) is 83.7 Å². The molecule has 0 N–H and O–H groups in total. The number of hydrogen-bond acceptors (Lipinski definition) is 2. The molecule has 0 radical (unpaired) electrons. The van der Waals surface area contributed by atoms with Gasteiger partial charge in [-0.25, -0.2) is 0 Å². The van der Waals surface area contributed by atoms with Crippen molar-refractivity contribution in [2.75, 3.05) is 26.2 Å². The second-order valence-electron chi connectivity index (χ2n) is 10.4. The predicted octanol–water partition coefficient (Wildman–Crippen LogP) is 4.71. The first-order chi connectivity index (χ1) is 12.1. The predicted molar refractivity (Wildman–Crippen MR) is 105 cm³/mol. The van der Waals surface area contributed by atoms with E-state index in [1.54, 1.807) is 0 Å². The Balaban J connectivity index is 1.36. The first-order valence-electron chi connectivity index (χ1n) is 11.3. The van der Waals surface area contributed by atoms with E-state index in [-0.39, 0.29) is 0 Å². The van der Waals surface area contributed by atoms with Gasteiger partial charge in [0.1, 0.15) is 0 Å². The molecule has 4 aliphatic carbocycles. The maximum Gasteiger partial charge on any atom is 0.0283 e. The van der Waals surface area contributed by atoms with Crippen molar-refractivity contribution in [3.8, 4) is 0 Å². The number of hydrogen-bond donors (Lipinski definition) is 0. The molecule has 2 aliphatic heterocycles. The summed E-state index contributed by atoms with van der Waals surface area (Å²) in [5.41, 5.74) is 2.40. The molecule has 0 amide bonds. The SMILES string of the molecule is CC1(C)[C@@H]2CC=C(CN3CCN4CCC[C@@H]4[C@@H]3C3CCCCC3)[C@H]1C2. The molecule has 4 fully saturated rings. The molecule has 2 heteroatoms. The van der Waals surface area contributed by atoms with Crippen molar-refractivity contribution < 1.29 is 0 Å². The van der Waals surface area contributed by atoms with Crippen molar-refractivity contribution in [3.63, 3.8) is 0 Å². The molecule has 2 bridgehead atoms. The van der Waals surface area contributed by atoms with Crippen LogP contribution in [0.5, 0.6) is 0 Å². The van der Waals surface area contributed by atoms with Gasteiger partial charge in [-0.05, 0) is 68.2 Å². The van der Waals surface area contributed by atoms with Crippen LogP contribution in [0, 0.1) is 23.2 Å². The number of piperazine rings is 1. The van der Waals surface area contributed by atoms with Crippen LogP contribution in [0.1, 0.15) is 71.6 Å². The van der Waals surface area contributed by atoms with Crippen molar-refractivity contribution in [1.29, 1.82) is 0 Å². The van der Waals surface area contributed by atoms with Crippen molar-refractivity contribution in [3.05, 3.63) is 11.6 Å². The van der Waals surface area contributed by atoms with Crippen LogP contribution in [0.2, 0.25) is 0 Å². The van der Waals surface area contributed by atoms with Gasteiger partial charge in [0, 0.05) is 31.7 Å². The highest BCUT2D eigenvalue weighted by molar-refractivity contribution is 5.25. The summed E-state index contributed by atoms with van der Waals surface area (Å²) in [6.07, 6.45) is 15.9. The van der Waals surface area contributed by atoms with Crippen LogP contribution in [-0.4, -0.2) is 48.1 Å². The van der Waals surface area contributed by atoms with E-state index in [0.717, 1.165) is 29.8 Å². The summed E-state index contributed by atoms with van der Waals surface area (Å²) in [5, 5.41) is 0. The first-order valence-corrected chi connectivity index (χ1v) is 11.3. The highest BCUT2D eigenvalue weighted by Crippen LogP contribution is 2.59. The van der Waals surface area contributed by atoms with Crippen LogP contribution in [0.3, 0.4) is 0 Å². The Hall–Kier alpha value is -0.340. The molecule has 0 unspecified atom stereocenters. The lowest BCUT2D eigenvalue weighted by Crippen LogP contribution is -2.61. The average Bonchev–Trinajstić information content (AvgIpc) is 3.11. The number of fused-ring (bicyclic) bond motifs is 2. The Morgan fingerprint density at radius 3 is 2.60 bits per heavy atom. The Bertz CT molecular complexity index is 530. The Morgan fingerprint density at radius 2 is 1.84 bits per heavy atom. The maximum atomic E-state index is 2.98. The fraction of sp³-hybridized carbons (Fsp3) is 0.913. The van der Waals surface area contributed by atoms with Gasteiger partial charge in [-0.1, -0.05) is 44.8 Å². The minimum Gasteiger partial charge on any atom is -0.298 e. The van der Waals surface area contributed by atoms with E-state index < -0.39 is 0 Å². The van der Waals surface area contributed by atoms with E-state index in [1.807, 2.05) is 5.57 Å². The molecule has 0 aromatic heterocycles. The highest BCUT2D eigenvalue weighted by atomic mass is 15.3. The van der Waals surface area contributed by atoms with Crippen molar-refractivity contribution >= 4 is 0 Å². The molecular weight excluding hydrogens is 304 g/mol. The molecule has 0 aromatic rings. The first kappa shape index (κ1) is 16.8. The summed E-state index contributed by atoms with van der Waals surface area (Å²) in [7, 11) is 0. The topological polar surface area (TPSA) is 6.48 Å². The summed E-state index contributed by atoms with van der Waals surface area (Å²) < 4.78 is 0. The third-order valence-corrected chi connectivity index (χ3v) is 9.01. The molecule has 2 heterocycles. The third kappa shape index (κ3) is 2.74. The lowest BCUT2D eigenvalue weighted by Gasteiger charge is -2.58. The molecule has 140 valence electrons. The van der Waals surface area contributed by atoms with Gasteiger partial charge in [-0.2, -0.15) is 0 Å². The molecule has 0 aromatic carbocycles. The van der Waals surface area contributed by atoms with Crippen molar-refractivity contribution in [2.24, 2.45) is 23.2 Å². The van der Waals surface area contributed by atoms with Gasteiger partial charge in [-0.15, -0.1) is 0 Å². The molecule has 6 aliphatic rings. The van der Waals surface area contributed by atoms with E-state index in [9.17, 15) is 0 Å². The minimum absolute atomic E-state index is 0.583. The molecule has 2 saturated heterocycles. The molecule has 2 nitrogen and oxygen atoms in total. The minimum atomic E-state index is 0.583. The average molecular weight is 343 g/mol. The van der Waals surface area contributed by atoms with Crippen LogP contribution >= 0.6 is 0 Å². The van der Waals surface area contributed by atoms with E-state index in [2.05, 4.69) is 29.7 Å². The van der Waals surface area contributed by atoms with Crippen LogP contribution < -0.4 is 0 Å². The lowest BCUT2D eigenvalue weighted by molar-refractivity contribution is -0.0268. The zero-order chi connectivity index (χ0) is 17.0. The van der Waals surface area contributed by atoms with E-state index >= 15 is 0 Å². The molecular formula is C23H38N2. The Morgan fingerprint density at radius 1 is 1.00 bits per heavy atom. The molecule has 4 atom stereocenters. The summed E-state index contributed by atoms with van der Waals surface area (Å²) in [4.78, 5) is 5.83. The molecule has 2 saturated carbocycles. The van der Waals surface area contributed by atoms with Crippen molar-refractivity contribution in [1.82, 2.24) is 9.80 Å². The highest BCUT2D eigenvalue weighted by Gasteiger charge is 2.52. The molecule has 6 rings (SSSR count). The van der Waals surface area contributed by atoms with E-state index in [0.29, 0.717) is 5.41 Å². The Labute approximate surface area is 155 Å². The maximum absolute atomic E-state index is 2.98. The lowest BCUT2D eigenvalue weighted by atomic mass is 9.49. The smallest absolute Gasteiger partial charge is 0.0283 e. The second kappa shape index (κ2) is 6.37. The fourth-order valence-corrected chi connectivity index (χ4v) is 7.33. The van der Waals surface area contributed by atoms with Gasteiger partial charge < -0.3 is 0 Å². The number of allylic oxidation sites excluding steroid dienone is 1. The second-order valence-corrected chi connectivity index (χ2v) is 10.4. The fourth-order valence-electron chi connectivity index (χ4n) is 7.33. The van der Waals surface area contributed by atoms with E-state index in [4.69, 9.17) is 0 Å². The molecule has 0 spiro atoms. The van der Waals surface area contributed by atoms with Crippen LogP contribution in [0.15, 0.2) is 11.6 Å². The zero-order valence-electron chi connectivity index (χ0n) is 16.6. The monoisotopic (exact) mass is 342 g/mol. The number of rotatable bonds is 3. The summed E-state index contributed by atoms with van der Waals surface area (Å²) in [6.45, 7) is 10.4. The summed E-state index contributed by atoms with van der Waals surface area (Å²) in [5.74, 6) is 2.84. The largest absolute Gasteiger partial charge is 0.298 e. The van der Waals surface area contributed by atoms with Gasteiger partial charge in [0.15, 0.2) is 0 Å². The Kier molecular flexibility index (Phi) is 4.28. The quantitative estimate of drug-likeness (QED) is 0.686. The zero-order valence-corrected chi connectivity index (χ0v) is 16.6. The summed E-state index contributed by atoms with van der Waals surface area (Å²) >= 11 is 0. The van der Waals surface area contributed by atoms with Gasteiger partial charge in [0.2, 0.25) is 0 Å². The van der Waals surface area contributed by atoms with Crippen LogP contribution in [-0.2, 0) is 0 Å². The molecule has 25 heavy (non-hydrogen) atoms.